The number of nitriles is 1. The van der Waals surface area contributed by atoms with Gasteiger partial charge in [-0.1, -0.05) is 55.3 Å². The highest BCUT2D eigenvalue weighted by molar-refractivity contribution is 8.01. The Morgan fingerprint density at radius 3 is 2.56 bits per heavy atom. The summed E-state index contributed by atoms with van der Waals surface area (Å²) < 4.78 is 4.63. The van der Waals surface area contributed by atoms with Crippen molar-refractivity contribution in [2.24, 2.45) is 0 Å². The molecule has 0 aromatic heterocycles. The van der Waals surface area contributed by atoms with Crippen LogP contribution in [0.3, 0.4) is 0 Å². The Kier molecular flexibility index (Phi) is 6.78. The van der Waals surface area contributed by atoms with Crippen LogP contribution in [0.2, 0.25) is 0 Å². The van der Waals surface area contributed by atoms with Crippen LogP contribution in [0.15, 0.2) is 53.4 Å². The SMILES string of the molecule is CN1C(=O)C(C#N)(c2ccc(OCCCNC3(C)CCCCC3)cc2)Sc2ccccc21. The quantitative estimate of drug-likeness (QED) is 0.585. The van der Waals surface area contributed by atoms with Crippen molar-refractivity contribution in [3.63, 3.8) is 0 Å². The maximum atomic E-state index is 13.2. The molecule has 1 aliphatic heterocycles. The maximum Gasteiger partial charge on any atom is 0.262 e. The molecule has 2 aromatic rings. The minimum Gasteiger partial charge on any atom is -0.494 e. The minimum atomic E-state index is -1.29. The fraction of sp³-hybridized carbons (Fsp3) is 0.462. The van der Waals surface area contributed by atoms with Crippen molar-refractivity contribution in [3.8, 4) is 11.8 Å². The number of para-hydroxylation sites is 1. The molecule has 1 heterocycles. The number of hydrogen-bond donors (Lipinski definition) is 1. The van der Waals surface area contributed by atoms with E-state index in [1.807, 2.05) is 48.5 Å². The van der Waals surface area contributed by atoms with Gasteiger partial charge in [0.1, 0.15) is 5.75 Å². The topological polar surface area (TPSA) is 65.4 Å². The van der Waals surface area contributed by atoms with Gasteiger partial charge in [-0.3, -0.25) is 4.79 Å². The first-order valence-electron chi connectivity index (χ1n) is 11.4. The predicted octanol–water partition coefficient (Wildman–Crippen LogP) is 5.26. The second-order valence-corrected chi connectivity index (χ2v) is 10.3. The molecule has 1 unspecified atom stereocenters. The molecule has 0 radical (unpaired) electrons. The number of ether oxygens (including phenoxy) is 1. The number of likely N-dealkylation sites (N-methyl/N-ethyl adjacent to an activating group) is 1. The summed E-state index contributed by atoms with van der Waals surface area (Å²) in [6, 6.07) is 17.4. The number of nitrogens with zero attached hydrogens (tertiary/aromatic N) is 2. The number of carbonyl (C=O) groups excluding carboxylic acids is 1. The van der Waals surface area contributed by atoms with Crippen LogP contribution < -0.4 is 15.0 Å². The third kappa shape index (κ3) is 4.51. The summed E-state index contributed by atoms with van der Waals surface area (Å²) in [5, 5.41) is 13.8. The maximum absolute atomic E-state index is 13.2. The van der Waals surface area contributed by atoms with E-state index in [1.165, 1.54) is 43.9 Å². The summed E-state index contributed by atoms with van der Waals surface area (Å²) >= 11 is 1.31. The van der Waals surface area contributed by atoms with Crippen LogP contribution >= 0.6 is 11.8 Å². The molecular formula is C26H31N3O2S. The van der Waals surface area contributed by atoms with Gasteiger partial charge in [0, 0.05) is 17.5 Å². The minimum absolute atomic E-state index is 0.223. The summed E-state index contributed by atoms with van der Waals surface area (Å²) in [4.78, 5) is 15.7. The van der Waals surface area contributed by atoms with Crippen molar-refractivity contribution >= 4 is 23.4 Å². The molecule has 1 N–H and O–H groups in total. The molecule has 2 aliphatic rings. The van der Waals surface area contributed by atoms with Crippen LogP contribution in [0.5, 0.6) is 5.75 Å². The van der Waals surface area contributed by atoms with Crippen molar-refractivity contribution in [2.75, 3.05) is 25.1 Å². The van der Waals surface area contributed by atoms with Gasteiger partial charge < -0.3 is 15.0 Å². The highest BCUT2D eigenvalue weighted by Crippen LogP contribution is 2.50. The zero-order valence-corrected chi connectivity index (χ0v) is 19.7. The first-order valence-corrected chi connectivity index (χ1v) is 12.2. The van der Waals surface area contributed by atoms with Gasteiger partial charge in [0.05, 0.1) is 18.4 Å². The molecule has 168 valence electrons. The second-order valence-electron chi connectivity index (χ2n) is 9.00. The first kappa shape index (κ1) is 22.7. The summed E-state index contributed by atoms with van der Waals surface area (Å²) in [5.74, 6) is 0.535. The largest absolute Gasteiger partial charge is 0.494 e. The molecule has 0 saturated heterocycles. The molecule has 4 rings (SSSR count). The van der Waals surface area contributed by atoms with Crippen LogP contribution in [0.4, 0.5) is 5.69 Å². The number of rotatable bonds is 7. The molecule has 0 bridgehead atoms. The Labute approximate surface area is 195 Å². The van der Waals surface area contributed by atoms with Crippen molar-refractivity contribution in [1.29, 1.82) is 5.26 Å². The van der Waals surface area contributed by atoms with E-state index in [4.69, 9.17) is 4.74 Å². The van der Waals surface area contributed by atoms with Crippen LogP contribution in [-0.4, -0.2) is 31.6 Å². The van der Waals surface area contributed by atoms with E-state index in [0.29, 0.717) is 12.2 Å². The van der Waals surface area contributed by atoms with Gasteiger partial charge in [-0.05, 0) is 62.6 Å². The Morgan fingerprint density at radius 1 is 1.12 bits per heavy atom. The van der Waals surface area contributed by atoms with Gasteiger partial charge >= 0.3 is 0 Å². The summed E-state index contributed by atoms with van der Waals surface area (Å²) in [6.45, 7) is 3.91. The number of amides is 1. The highest BCUT2D eigenvalue weighted by Gasteiger charge is 2.48. The summed E-state index contributed by atoms with van der Waals surface area (Å²) in [6.07, 6.45) is 7.45. The highest BCUT2D eigenvalue weighted by atomic mass is 32.2. The molecule has 2 aromatic carbocycles. The molecule has 1 fully saturated rings. The number of carbonyl (C=O) groups is 1. The van der Waals surface area contributed by atoms with Gasteiger partial charge in [0.15, 0.2) is 0 Å². The van der Waals surface area contributed by atoms with E-state index in [2.05, 4.69) is 18.3 Å². The molecule has 1 aliphatic carbocycles. The number of thioether (sulfide) groups is 1. The molecule has 0 spiro atoms. The lowest BCUT2D eigenvalue weighted by molar-refractivity contribution is -0.119. The Balaban J connectivity index is 1.36. The fourth-order valence-electron chi connectivity index (χ4n) is 4.64. The van der Waals surface area contributed by atoms with Crippen molar-refractivity contribution in [1.82, 2.24) is 5.32 Å². The molecule has 5 nitrogen and oxygen atoms in total. The molecule has 1 saturated carbocycles. The van der Waals surface area contributed by atoms with Crippen molar-refractivity contribution in [2.45, 2.75) is 60.6 Å². The third-order valence-corrected chi connectivity index (χ3v) is 7.99. The fourth-order valence-corrected chi connectivity index (χ4v) is 5.95. The van der Waals surface area contributed by atoms with E-state index in [9.17, 15) is 10.1 Å². The zero-order chi connectivity index (χ0) is 22.6. The molecular weight excluding hydrogens is 418 g/mol. The number of benzene rings is 2. The second kappa shape index (κ2) is 9.56. The monoisotopic (exact) mass is 449 g/mol. The standard InChI is InChI=1S/C26H31N3O2S/c1-25(15-6-3-7-16-25)28-17-8-18-31-21-13-11-20(12-14-21)26(19-27)24(30)29(2)22-9-4-5-10-23(22)32-26/h4-5,9-14,28H,3,6-8,15-18H2,1-2H3. The molecule has 6 heteroatoms. The zero-order valence-electron chi connectivity index (χ0n) is 18.9. The van der Waals surface area contributed by atoms with Crippen LogP contribution in [0.25, 0.3) is 0 Å². The normalized spacial score (nSPS) is 22.2. The van der Waals surface area contributed by atoms with Gasteiger partial charge in [0.25, 0.3) is 5.91 Å². The van der Waals surface area contributed by atoms with Crippen LogP contribution in [0, 0.1) is 11.3 Å². The van der Waals surface area contributed by atoms with E-state index in [-0.39, 0.29) is 11.4 Å². The number of anilines is 1. The summed E-state index contributed by atoms with van der Waals surface area (Å²) in [7, 11) is 1.73. The average molecular weight is 450 g/mol. The lowest BCUT2D eigenvalue weighted by Crippen LogP contribution is -2.45. The van der Waals surface area contributed by atoms with Gasteiger partial charge in [-0.2, -0.15) is 5.26 Å². The molecule has 1 atom stereocenters. The predicted molar refractivity (Wildman–Crippen MR) is 129 cm³/mol. The van der Waals surface area contributed by atoms with Gasteiger partial charge in [-0.15, -0.1) is 0 Å². The Hall–Kier alpha value is -2.49. The van der Waals surface area contributed by atoms with E-state index < -0.39 is 4.75 Å². The van der Waals surface area contributed by atoms with E-state index in [0.717, 1.165) is 29.3 Å². The van der Waals surface area contributed by atoms with Crippen LogP contribution in [-0.2, 0) is 9.54 Å². The van der Waals surface area contributed by atoms with E-state index in [1.54, 1.807) is 11.9 Å². The third-order valence-electron chi connectivity index (χ3n) is 6.61. The number of hydrogen-bond acceptors (Lipinski definition) is 5. The van der Waals surface area contributed by atoms with Crippen molar-refractivity contribution in [3.05, 3.63) is 54.1 Å². The van der Waals surface area contributed by atoms with E-state index >= 15 is 0 Å². The number of fused-ring (bicyclic) bond motifs is 1. The van der Waals surface area contributed by atoms with Crippen molar-refractivity contribution < 1.29 is 9.53 Å². The molecule has 32 heavy (non-hydrogen) atoms. The summed E-state index contributed by atoms with van der Waals surface area (Å²) in [5.41, 5.74) is 1.79. The van der Waals surface area contributed by atoms with Crippen LogP contribution in [0.1, 0.15) is 51.0 Å². The Morgan fingerprint density at radius 2 is 1.84 bits per heavy atom. The smallest absolute Gasteiger partial charge is 0.262 e. The van der Waals surface area contributed by atoms with Gasteiger partial charge in [-0.25, -0.2) is 0 Å². The first-order chi connectivity index (χ1) is 15.5. The number of nitrogens with one attached hydrogen (secondary N) is 1. The Bertz CT molecular complexity index is 995. The lowest BCUT2D eigenvalue weighted by Gasteiger charge is -2.36. The van der Waals surface area contributed by atoms with Gasteiger partial charge in [0.2, 0.25) is 4.75 Å². The average Bonchev–Trinajstić information content (AvgIpc) is 2.82. The lowest BCUT2D eigenvalue weighted by atomic mass is 9.83. The molecule has 1 amide bonds.